The van der Waals surface area contributed by atoms with Crippen molar-refractivity contribution in [1.29, 1.82) is 0 Å². The summed E-state index contributed by atoms with van der Waals surface area (Å²) in [6, 6.07) is 20.8. The molecule has 0 aliphatic carbocycles. The van der Waals surface area contributed by atoms with Crippen molar-refractivity contribution in [2.24, 2.45) is 0 Å². The van der Waals surface area contributed by atoms with E-state index >= 15 is 0 Å². The van der Waals surface area contributed by atoms with Crippen LogP contribution < -0.4 is 5.32 Å². The van der Waals surface area contributed by atoms with Crippen molar-refractivity contribution < 1.29 is 9.90 Å². The number of anilines is 2. The van der Waals surface area contributed by atoms with Crippen LogP contribution in [0.25, 0.3) is 17.1 Å². The fraction of sp³-hybridized carbons (Fsp3) is 0.0870. The number of rotatable bonds is 5. The number of aromatic nitrogens is 3. The molecule has 4 rings (SSSR count). The average molecular weight is 384 g/mol. The van der Waals surface area contributed by atoms with Gasteiger partial charge in [-0.05, 0) is 38.1 Å². The van der Waals surface area contributed by atoms with Gasteiger partial charge in [0.1, 0.15) is 5.82 Å². The minimum absolute atomic E-state index is 0.204. The molecule has 4 aromatic rings. The zero-order valence-corrected chi connectivity index (χ0v) is 16.1. The van der Waals surface area contributed by atoms with E-state index in [4.69, 9.17) is 5.10 Å². The molecule has 0 unspecified atom stereocenters. The van der Waals surface area contributed by atoms with E-state index < -0.39 is 5.97 Å². The molecule has 0 aliphatic heterocycles. The molecule has 2 aromatic carbocycles. The number of aryl methyl sites for hydroxylation is 2. The van der Waals surface area contributed by atoms with Crippen LogP contribution in [0.5, 0.6) is 0 Å². The van der Waals surface area contributed by atoms with Gasteiger partial charge in [0.2, 0.25) is 0 Å². The van der Waals surface area contributed by atoms with Crippen molar-refractivity contribution >= 4 is 17.5 Å². The van der Waals surface area contributed by atoms with Crippen LogP contribution in [0.15, 0.2) is 72.9 Å². The van der Waals surface area contributed by atoms with Crippen LogP contribution in [0.2, 0.25) is 0 Å². The van der Waals surface area contributed by atoms with Crippen LogP contribution in [0.3, 0.4) is 0 Å². The fourth-order valence-corrected chi connectivity index (χ4v) is 3.07. The zero-order valence-electron chi connectivity index (χ0n) is 16.1. The molecule has 0 spiro atoms. The van der Waals surface area contributed by atoms with E-state index in [1.165, 1.54) is 5.56 Å². The van der Waals surface area contributed by atoms with Gasteiger partial charge in [0.05, 0.1) is 16.9 Å². The van der Waals surface area contributed by atoms with E-state index in [1.807, 2.05) is 68.4 Å². The molecule has 0 saturated carbocycles. The maximum Gasteiger partial charge on any atom is 0.337 e. The van der Waals surface area contributed by atoms with Crippen molar-refractivity contribution in [3.05, 3.63) is 89.6 Å². The van der Waals surface area contributed by atoms with E-state index in [1.54, 1.807) is 23.0 Å². The maximum absolute atomic E-state index is 11.7. The van der Waals surface area contributed by atoms with Crippen LogP contribution in [0.1, 0.15) is 21.5 Å². The SMILES string of the molecule is Cc1ccc(-c2cc(Nc3ccc(C)cc3C(=O)O)n(-c3ccccn3)n2)cc1. The van der Waals surface area contributed by atoms with Crippen LogP contribution in [-0.2, 0) is 0 Å². The van der Waals surface area contributed by atoms with Gasteiger partial charge in [0.15, 0.2) is 5.82 Å². The average Bonchev–Trinajstić information content (AvgIpc) is 3.14. The first kappa shape index (κ1) is 18.4. The summed E-state index contributed by atoms with van der Waals surface area (Å²) in [5, 5.41) is 17.5. The van der Waals surface area contributed by atoms with Gasteiger partial charge in [-0.15, -0.1) is 0 Å². The zero-order chi connectivity index (χ0) is 20.4. The summed E-state index contributed by atoms with van der Waals surface area (Å²) in [5.41, 5.74) is 4.48. The highest BCUT2D eigenvalue weighted by atomic mass is 16.4. The molecule has 0 aliphatic rings. The third-order valence-corrected chi connectivity index (χ3v) is 4.59. The summed E-state index contributed by atoms with van der Waals surface area (Å²) in [6.45, 7) is 3.90. The van der Waals surface area contributed by atoms with Crippen molar-refractivity contribution in [1.82, 2.24) is 14.8 Å². The summed E-state index contributed by atoms with van der Waals surface area (Å²) in [5.74, 6) is 0.279. The largest absolute Gasteiger partial charge is 0.478 e. The number of aromatic carboxylic acids is 1. The molecular weight excluding hydrogens is 364 g/mol. The second-order valence-corrected chi connectivity index (χ2v) is 6.86. The first-order chi connectivity index (χ1) is 14.0. The number of carbonyl (C=O) groups is 1. The number of hydrogen-bond donors (Lipinski definition) is 2. The predicted molar refractivity (Wildman–Crippen MR) is 113 cm³/mol. The molecule has 0 bridgehead atoms. The number of benzene rings is 2. The van der Waals surface area contributed by atoms with E-state index in [2.05, 4.69) is 10.3 Å². The molecule has 2 aromatic heterocycles. The third kappa shape index (κ3) is 3.87. The molecule has 0 amide bonds. The number of pyridine rings is 1. The van der Waals surface area contributed by atoms with Gasteiger partial charge in [-0.25, -0.2) is 9.78 Å². The monoisotopic (exact) mass is 384 g/mol. The van der Waals surface area contributed by atoms with Gasteiger partial charge < -0.3 is 10.4 Å². The normalized spacial score (nSPS) is 10.7. The lowest BCUT2D eigenvalue weighted by atomic mass is 10.1. The first-order valence-electron chi connectivity index (χ1n) is 9.21. The Morgan fingerprint density at radius 1 is 0.966 bits per heavy atom. The Hall–Kier alpha value is -3.93. The van der Waals surface area contributed by atoms with Gasteiger partial charge in [-0.2, -0.15) is 9.78 Å². The van der Waals surface area contributed by atoms with Crippen molar-refractivity contribution in [3.8, 4) is 17.1 Å². The van der Waals surface area contributed by atoms with Gasteiger partial charge in [0, 0.05) is 17.8 Å². The van der Waals surface area contributed by atoms with Gasteiger partial charge >= 0.3 is 5.97 Å². The molecule has 0 fully saturated rings. The highest BCUT2D eigenvalue weighted by molar-refractivity contribution is 5.95. The van der Waals surface area contributed by atoms with Gasteiger partial charge in [-0.3, -0.25) is 0 Å². The second kappa shape index (κ2) is 7.59. The predicted octanol–water partition coefficient (Wildman–Crippen LogP) is 4.99. The van der Waals surface area contributed by atoms with E-state index in [0.717, 1.165) is 16.8 Å². The van der Waals surface area contributed by atoms with Crippen LogP contribution in [0, 0.1) is 13.8 Å². The van der Waals surface area contributed by atoms with Crippen LogP contribution >= 0.6 is 0 Å². The molecule has 2 N–H and O–H groups in total. The van der Waals surface area contributed by atoms with Crippen molar-refractivity contribution in [2.45, 2.75) is 13.8 Å². The second-order valence-electron chi connectivity index (χ2n) is 6.86. The Labute approximate surface area is 168 Å². The standard InChI is InChI=1S/C23H20N4O2/c1-15-6-9-17(10-7-15)20-14-22(27(26-20)21-5-3-4-12-24-21)25-19-11-8-16(2)13-18(19)23(28)29/h3-14,25H,1-2H3,(H,28,29). The Morgan fingerprint density at radius 3 is 2.41 bits per heavy atom. The Balaban J connectivity index is 1.82. The van der Waals surface area contributed by atoms with Gasteiger partial charge in [0.25, 0.3) is 0 Å². The third-order valence-electron chi connectivity index (χ3n) is 4.59. The summed E-state index contributed by atoms with van der Waals surface area (Å²) in [6.07, 6.45) is 1.70. The highest BCUT2D eigenvalue weighted by Crippen LogP contribution is 2.28. The fourth-order valence-electron chi connectivity index (χ4n) is 3.07. The lowest BCUT2D eigenvalue weighted by Gasteiger charge is -2.11. The minimum Gasteiger partial charge on any atom is -0.478 e. The van der Waals surface area contributed by atoms with E-state index in [9.17, 15) is 9.90 Å². The Morgan fingerprint density at radius 2 is 1.72 bits per heavy atom. The molecule has 0 atom stereocenters. The molecule has 0 saturated heterocycles. The van der Waals surface area contributed by atoms with Crippen LogP contribution in [0.4, 0.5) is 11.5 Å². The molecule has 0 radical (unpaired) electrons. The van der Waals surface area contributed by atoms with Crippen molar-refractivity contribution in [2.75, 3.05) is 5.32 Å². The number of nitrogens with one attached hydrogen (secondary N) is 1. The smallest absolute Gasteiger partial charge is 0.337 e. The molecular formula is C23H20N4O2. The van der Waals surface area contributed by atoms with E-state index in [0.29, 0.717) is 17.3 Å². The molecule has 144 valence electrons. The molecule has 29 heavy (non-hydrogen) atoms. The first-order valence-corrected chi connectivity index (χ1v) is 9.21. The Kier molecular flexibility index (Phi) is 4.83. The summed E-state index contributed by atoms with van der Waals surface area (Å²) < 4.78 is 1.68. The number of hydrogen-bond acceptors (Lipinski definition) is 4. The molecule has 6 heteroatoms. The molecule has 6 nitrogen and oxygen atoms in total. The highest BCUT2D eigenvalue weighted by Gasteiger charge is 2.16. The number of carboxylic acid groups (broad SMARTS) is 1. The Bertz CT molecular complexity index is 1170. The summed E-state index contributed by atoms with van der Waals surface area (Å²) in [7, 11) is 0. The van der Waals surface area contributed by atoms with Crippen LogP contribution in [-0.4, -0.2) is 25.8 Å². The number of carboxylic acids is 1. The quantitative estimate of drug-likeness (QED) is 0.506. The van der Waals surface area contributed by atoms with E-state index in [-0.39, 0.29) is 5.56 Å². The minimum atomic E-state index is -0.987. The topological polar surface area (TPSA) is 80.0 Å². The lowest BCUT2D eigenvalue weighted by Crippen LogP contribution is -2.07. The lowest BCUT2D eigenvalue weighted by molar-refractivity contribution is 0.0698. The van der Waals surface area contributed by atoms with Crippen molar-refractivity contribution in [3.63, 3.8) is 0 Å². The van der Waals surface area contributed by atoms with Gasteiger partial charge in [-0.1, -0.05) is 47.5 Å². The molecule has 2 heterocycles. The summed E-state index contributed by atoms with van der Waals surface area (Å²) >= 11 is 0. The maximum atomic E-state index is 11.7. The number of nitrogens with zero attached hydrogens (tertiary/aromatic N) is 3. The summed E-state index contributed by atoms with van der Waals surface area (Å²) in [4.78, 5) is 16.1.